The summed E-state index contributed by atoms with van der Waals surface area (Å²) in [6.07, 6.45) is 0.835. The van der Waals surface area contributed by atoms with E-state index in [0.29, 0.717) is 35.5 Å². The second-order valence-electron chi connectivity index (χ2n) is 7.14. The minimum atomic E-state index is -1.03. The number of rotatable bonds is 5. The zero-order valence-corrected chi connectivity index (χ0v) is 15.3. The fourth-order valence-electron chi connectivity index (χ4n) is 3.34. The summed E-state index contributed by atoms with van der Waals surface area (Å²) in [4.78, 5) is 12.0. The van der Waals surface area contributed by atoms with Gasteiger partial charge in [-0.05, 0) is 43.9 Å². The maximum Gasteiger partial charge on any atom is 0.339 e. The van der Waals surface area contributed by atoms with Gasteiger partial charge in [-0.3, -0.25) is 0 Å². The van der Waals surface area contributed by atoms with Crippen LogP contribution in [0, 0.1) is 0 Å². The molecular formula is C21H24O5. The Labute approximate surface area is 153 Å². The fraction of sp³-hybridized carbons (Fsp3) is 0.381. The lowest BCUT2D eigenvalue weighted by atomic mass is 9.87. The number of fused-ring (bicyclic) bond motifs is 1. The Balaban J connectivity index is 2.06. The Bertz CT molecular complexity index is 811. The van der Waals surface area contributed by atoms with Gasteiger partial charge in [-0.1, -0.05) is 30.3 Å². The lowest BCUT2D eigenvalue weighted by Crippen LogP contribution is -2.47. The largest absolute Gasteiger partial charge is 0.496 e. The summed E-state index contributed by atoms with van der Waals surface area (Å²) in [6, 6.07) is 11.7. The van der Waals surface area contributed by atoms with Crippen LogP contribution in [0.3, 0.4) is 0 Å². The third-order valence-electron chi connectivity index (χ3n) is 4.95. The number of aryl methyl sites for hydroxylation is 2. The number of benzene rings is 2. The Hall–Kier alpha value is -2.53. The van der Waals surface area contributed by atoms with Crippen molar-refractivity contribution in [3.05, 3.63) is 58.7 Å². The smallest absolute Gasteiger partial charge is 0.339 e. The first kappa shape index (κ1) is 18.3. The molecule has 0 bridgehead atoms. The van der Waals surface area contributed by atoms with Gasteiger partial charge in [0.1, 0.15) is 22.7 Å². The summed E-state index contributed by atoms with van der Waals surface area (Å²) < 4.78 is 11.4. The monoisotopic (exact) mass is 356 g/mol. The average Bonchev–Trinajstić information content (AvgIpc) is 2.60. The van der Waals surface area contributed by atoms with E-state index in [1.807, 2.05) is 30.3 Å². The number of aliphatic hydroxyl groups is 1. The van der Waals surface area contributed by atoms with Crippen LogP contribution in [-0.2, 0) is 19.3 Å². The fourth-order valence-corrected chi connectivity index (χ4v) is 3.34. The quantitative estimate of drug-likeness (QED) is 0.860. The molecule has 2 N–H and O–H groups in total. The Kier molecular flexibility index (Phi) is 4.92. The van der Waals surface area contributed by atoms with Crippen LogP contribution < -0.4 is 9.47 Å². The maximum absolute atomic E-state index is 12.0. The van der Waals surface area contributed by atoms with Gasteiger partial charge in [0.15, 0.2) is 0 Å². The molecule has 0 saturated heterocycles. The molecule has 138 valence electrons. The first-order valence-electron chi connectivity index (χ1n) is 8.70. The van der Waals surface area contributed by atoms with Crippen LogP contribution >= 0.6 is 0 Å². The minimum absolute atomic E-state index is 0.164. The molecule has 0 fully saturated rings. The van der Waals surface area contributed by atoms with Crippen molar-refractivity contribution in [3.63, 3.8) is 0 Å². The molecule has 1 aliphatic heterocycles. The van der Waals surface area contributed by atoms with Gasteiger partial charge in [0.2, 0.25) is 0 Å². The number of methoxy groups -OCH3 is 1. The third kappa shape index (κ3) is 3.40. The van der Waals surface area contributed by atoms with Gasteiger partial charge in [-0.15, -0.1) is 0 Å². The maximum atomic E-state index is 12.0. The zero-order chi connectivity index (χ0) is 18.9. The van der Waals surface area contributed by atoms with E-state index in [4.69, 9.17) is 9.47 Å². The van der Waals surface area contributed by atoms with E-state index in [-0.39, 0.29) is 5.56 Å². The number of carboxylic acids is 1. The predicted molar refractivity (Wildman–Crippen MR) is 98.2 cm³/mol. The molecule has 5 heteroatoms. The van der Waals surface area contributed by atoms with E-state index in [0.717, 1.165) is 12.0 Å². The van der Waals surface area contributed by atoms with Gasteiger partial charge in [0, 0.05) is 12.0 Å². The summed E-state index contributed by atoms with van der Waals surface area (Å²) in [7, 11) is 1.54. The highest BCUT2D eigenvalue weighted by Gasteiger charge is 2.40. The van der Waals surface area contributed by atoms with Crippen LogP contribution in [0.2, 0.25) is 0 Å². The standard InChI is InChI=1S/C21H24O5/c1-21(2)17(22)12-15-16(25-3)11-14(18(20(23)24)19(15)26-21)10-9-13-7-5-4-6-8-13/h4-8,11,17,22H,9-10,12H2,1-3H3,(H,23,24)/t17-/m1/s1. The second kappa shape index (κ2) is 7.00. The Morgan fingerprint density at radius 2 is 1.96 bits per heavy atom. The number of carbonyl (C=O) groups is 1. The number of hydrogen-bond donors (Lipinski definition) is 2. The molecule has 0 amide bonds. The topological polar surface area (TPSA) is 76.0 Å². The van der Waals surface area contributed by atoms with Crippen molar-refractivity contribution in [3.8, 4) is 11.5 Å². The van der Waals surface area contributed by atoms with Crippen molar-refractivity contribution in [2.45, 2.75) is 44.8 Å². The van der Waals surface area contributed by atoms with Crippen LogP contribution in [0.4, 0.5) is 0 Å². The molecule has 0 radical (unpaired) electrons. The highest BCUT2D eigenvalue weighted by Crippen LogP contribution is 2.43. The minimum Gasteiger partial charge on any atom is -0.496 e. The van der Waals surface area contributed by atoms with Crippen molar-refractivity contribution >= 4 is 5.97 Å². The predicted octanol–water partition coefficient (Wildman–Crippen LogP) is 3.25. The van der Waals surface area contributed by atoms with Gasteiger partial charge in [0.25, 0.3) is 0 Å². The highest BCUT2D eigenvalue weighted by molar-refractivity contribution is 5.94. The molecule has 1 heterocycles. The number of carboxylic acid groups (broad SMARTS) is 1. The normalized spacial score (nSPS) is 17.9. The Morgan fingerprint density at radius 3 is 2.58 bits per heavy atom. The summed E-state index contributed by atoms with van der Waals surface area (Å²) >= 11 is 0. The van der Waals surface area contributed by atoms with Crippen molar-refractivity contribution in [1.82, 2.24) is 0 Å². The summed E-state index contributed by atoms with van der Waals surface area (Å²) in [5.41, 5.74) is 1.72. The lowest BCUT2D eigenvalue weighted by Gasteiger charge is -2.38. The highest BCUT2D eigenvalue weighted by atomic mass is 16.5. The van der Waals surface area contributed by atoms with Gasteiger partial charge >= 0.3 is 5.97 Å². The van der Waals surface area contributed by atoms with Crippen LogP contribution in [-0.4, -0.2) is 35.0 Å². The number of aliphatic hydroxyl groups excluding tert-OH is 1. The van der Waals surface area contributed by atoms with E-state index in [9.17, 15) is 15.0 Å². The Morgan fingerprint density at radius 1 is 1.27 bits per heavy atom. The van der Waals surface area contributed by atoms with Crippen molar-refractivity contribution < 1.29 is 24.5 Å². The molecule has 0 spiro atoms. The molecular weight excluding hydrogens is 332 g/mol. The number of ether oxygens (including phenoxy) is 2. The average molecular weight is 356 g/mol. The van der Waals surface area contributed by atoms with E-state index >= 15 is 0 Å². The van der Waals surface area contributed by atoms with Crippen LogP contribution in [0.25, 0.3) is 0 Å². The summed E-state index contributed by atoms with van der Waals surface area (Å²) in [5, 5.41) is 20.2. The molecule has 0 unspecified atom stereocenters. The van der Waals surface area contributed by atoms with E-state index in [1.165, 1.54) is 0 Å². The third-order valence-corrected chi connectivity index (χ3v) is 4.95. The van der Waals surface area contributed by atoms with Crippen LogP contribution in [0.15, 0.2) is 36.4 Å². The molecule has 2 aromatic rings. The molecule has 5 nitrogen and oxygen atoms in total. The van der Waals surface area contributed by atoms with Gasteiger partial charge < -0.3 is 19.7 Å². The van der Waals surface area contributed by atoms with Crippen LogP contribution in [0.5, 0.6) is 11.5 Å². The van der Waals surface area contributed by atoms with Crippen molar-refractivity contribution in [2.75, 3.05) is 7.11 Å². The molecule has 1 atom stereocenters. The van der Waals surface area contributed by atoms with E-state index < -0.39 is 17.7 Å². The molecule has 3 rings (SSSR count). The number of aromatic carboxylic acids is 1. The number of hydrogen-bond acceptors (Lipinski definition) is 4. The van der Waals surface area contributed by atoms with E-state index in [2.05, 4.69) is 0 Å². The lowest BCUT2D eigenvalue weighted by molar-refractivity contribution is -0.0423. The van der Waals surface area contributed by atoms with Gasteiger partial charge in [-0.2, -0.15) is 0 Å². The molecule has 0 aliphatic carbocycles. The zero-order valence-electron chi connectivity index (χ0n) is 15.3. The van der Waals surface area contributed by atoms with Crippen molar-refractivity contribution in [1.29, 1.82) is 0 Å². The summed E-state index contributed by atoms with van der Waals surface area (Å²) in [5.74, 6) is -0.156. The van der Waals surface area contributed by atoms with Crippen LogP contribution in [0.1, 0.15) is 40.9 Å². The van der Waals surface area contributed by atoms with E-state index in [1.54, 1.807) is 27.0 Å². The molecule has 0 saturated carbocycles. The SMILES string of the molecule is COc1cc(CCc2ccccc2)c(C(=O)O)c2c1C[C@@H](O)C(C)(C)O2. The molecule has 0 aromatic heterocycles. The first-order chi connectivity index (χ1) is 12.3. The molecule has 2 aromatic carbocycles. The van der Waals surface area contributed by atoms with Crippen molar-refractivity contribution in [2.24, 2.45) is 0 Å². The molecule has 1 aliphatic rings. The summed E-state index contributed by atoms with van der Waals surface area (Å²) in [6.45, 7) is 3.52. The van der Waals surface area contributed by atoms with Gasteiger partial charge in [-0.25, -0.2) is 4.79 Å². The van der Waals surface area contributed by atoms with Gasteiger partial charge in [0.05, 0.1) is 13.2 Å². The first-order valence-corrected chi connectivity index (χ1v) is 8.70. The second-order valence-corrected chi connectivity index (χ2v) is 7.14. The molecule has 26 heavy (non-hydrogen) atoms.